The molecule has 4 nitrogen and oxygen atoms in total. The van der Waals surface area contributed by atoms with Crippen molar-refractivity contribution in [1.82, 2.24) is 0 Å². The number of aliphatic hydroxyl groups excluding tert-OH is 1. The van der Waals surface area contributed by atoms with Gasteiger partial charge in [-0.05, 0) is 17.7 Å². The van der Waals surface area contributed by atoms with E-state index in [0.717, 1.165) is 0 Å². The molecular weight excluding hydrogens is 191 g/mol. The average molecular weight is 200 g/mol. The molecular formula is C8H9O4P. The molecule has 0 amide bonds. The lowest BCUT2D eigenvalue weighted by atomic mass is 10.2. The molecule has 1 aromatic carbocycles. The summed E-state index contributed by atoms with van der Waals surface area (Å²) < 4.78 is 19.9. The van der Waals surface area contributed by atoms with Crippen LogP contribution in [-0.4, -0.2) is 12.2 Å². The third kappa shape index (κ3) is 2.41. The molecule has 0 fully saturated rings. The third-order valence-corrected chi connectivity index (χ3v) is 1.82. The van der Waals surface area contributed by atoms with Crippen LogP contribution in [0.4, 0.5) is 0 Å². The summed E-state index contributed by atoms with van der Waals surface area (Å²) in [4.78, 5) is 0. The molecule has 0 atom stereocenters. The minimum atomic E-state index is -0.428. The molecule has 0 heterocycles. The van der Waals surface area contributed by atoms with Gasteiger partial charge in [0.2, 0.25) is 0 Å². The summed E-state index contributed by atoms with van der Waals surface area (Å²) in [5.41, 5.74) is 0.715. The number of ether oxygens (including phenoxy) is 1. The zero-order valence-corrected chi connectivity index (χ0v) is 7.95. The molecule has 0 aliphatic heterocycles. The Balaban J connectivity index is 3.00. The molecule has 0 radical (unpaired) electrons. The molecule has 0 aliphatic carbocycles. The van der Waals surface area contributed by atoms with Crippen LogP contribution in [0.3, 0.4) is 0 Å². The van der Waals surface area contributed by atoms with E-state index in [0.29, 0.717) is 17.1 Å². The monoisotopic (exact) mass is 200 g/mol. The Labute approximate surface area is 77.4 Å². The Morgan fingerprint density at radius 2 is 2.23 bits per heavy atom. The smallest absolute Gasteiger partial charge is 0.395 e. The van der Waals surface area contributed by atoms with Crippen LogP contribution in [0.25, 0.3) is 0 Å². The molecule has 5 heteroatoms. The van der Waals surface area contributed by atoms with E-state index in [4.69, 9.17) is 14.4 Å². The predicted octanol–water partition coefficient (Wildman–Crippen LogP) is 1.77. The maximum atomic E-state index is 10.2. The quantitative estimate of drug-likeness (QED) is 0.752. The van der Waals surface area contributed by atoms with Gasteiger partial charge in [0, 0.05) is 0 Å². The van der Waals surface area contributed by atoms with Gasteiger partial charge in [-0.15, -0.1) is 0 Å². The fourth-order valence-electron chi connectivity index (χ4n) is 0.926. The van der Waals surface area contributed by atoms with Crippen LogP contribution in [0.2, 0.25) is 0 Å². The Morgan fingerprint density at radius 1 is 1.46 bits per heavy atom. The SMILES string of the molecule is COc1cc(CO)ccc1OP=O. The largest absolute Gasteiger partial charge is 0.493 e. The Hall–Kier alpha value is -1.12. The first kappa shape index (κ1) is 9.96. The third-order valence-electron chi connectivity index (χ3n) is 1.55. The first-order chi connectivity index (χ1) is 6.31. The Kier molecular flexibility index (Phi) is 3.68. The normalized spacial score (nSPS) is 10.0. The minimum absolute atomic E-state index is 0.0638. The fourth-order valence-corrected chi connectivity index (χ4v) is 1.16. The lowest BCUT2D eigenvalue weighted by molar-refractivity contribution is 0.280. The van der Waals surface area contributed by atoms with E-state index in [1.165, 1.54) is 7.11 Å². The van der Waals surface area contributed by atoms with Gasteiger partial charge < -0.3 is 14.4 Å². The maximum Gasteiger partial charge on any atom is 0.395 e. The van der Waals surface area contributed by atoms with Crippen molar-refractivity contribution >= 4 is 8.69 Å². The highest BCUT2D eigenvalue weighted by atomic mass is 31.1. The van der Waals surface area contributed by atoms with Gasteiger partial charge in [0.05, 0.1) is 13.7 Å². The van der Waals surface area contributed by atoms with Crippen LogP contribution < -0.4 is 9.26 Å². The van der Waals surface area contributed by atoms with E-state index in [-0.39, 0.29) is 6.61 Å². The van der Waals surface area contributed by atoms with Crippen LogP contribution in [0, 0.1) is 0 Å². The zero-order chi connectivity index (χ0) is 9.68. The average Bonchev–Trinajstić information content (AvgIpc) is 2.19. The second kappa shape index (κ2) is 4.80. The van der Waals surface area contributed by atoms with Gasteiger partial charge in [0.1, 0.15) is 0 Å². The van der Waals surface area contributed by atoms with Gasteiger partial charge in [0.25, 0.3) is 0 Å². The molecule has 0 saturated carbocycles. The zero-order valence-electron chi connectivity index (χ0n) is 7.06. The number of hydrogen-bond donors (Lipinski definition) is 1. The van der Waals surface area contributed by atoms with Crippen molar-refractivity contribution in [3.8, 4) is 11.5 Å². The van der Waals surface area contributed by atoms with Gasteiger partial charge in [-0.2, -0.15) is 0 Å². The molecule has 70 valence electrons. The molecule has 0 aromatic heterocycles. The van der Waals surface area contributed by atoms with E-state index in [2.05, 4.69) is 0 Å². The molecule has 0 saturated heterocycles. The lowest BCUT2D eigenvalue weighted by Gasteiger charge is -2.06. The van der Waals surface area contributed by atoms with Gasteiger partial charge in [-0.1, -0.05) is 6.07 Å². The molecule has 0 unspecified atom stereocenters. The van der Waals surface area contributed by atoms with Crippen molar-refractivity contribution in [2.24, 2.45) is 0 Å². The van der Waals surface area contributed by atoms with Crippen LogP contribution in [-0.2, 0) is 11.2 Å². The van der Waals surface area contributed by atoms with E-state index < -0.39 is 8.69 Å². The standard InChI is InChI=1S/C8H9O4P/c1-11-8-4-6(5-9)2-3-7(8)12-13-10/h2-4,9H,5H2,1H3. The summed E-state index contributed by atoms with van der Waals surface area (Å²) in [6.07, 6.45) is 0. The molecule has 1 N–H and O–H groups in total. The summed E-state index contributed by atoms with van der Waals surface area (Å²) in [5.74, 6) is 0.839. The molecule has 0 aliphatic rings. The van der Waals surface area contributed by atoms with Crippen molar-refractivity contribution in [2.45, 2.75) is 6.61 Å². The summed E-state index contributed by atoms with van der Waals surface area (Å²) in [5, 5.41) is 8.82. The molecule has 1 rings (SSSR count). The fraction of sp³-hybridized carbons (Fsp3) is 0.250. The highest BCUT2D eigenvalue weighted by Gasteiger charge is 2.04. The van der Waals surface area contributed by atoms with E-state index in [1.54, 1.807) is 18.2 Å². The molecule has 0 spiro atoms. The van der Waals surface area contributed by atoms with Crippen molar-refractivity contribution < 1.29 is 18.9 Å². The van der Waals surface area contributed by atoms with Crippen molar-refractivity contribution in [3.63, 3.8) is 0 Å². The highest BCUT2D eigenvalue weighted by molar-refractivity contribution is 7.17. The second-order valence-corrected chi connectivity index (χ2v) is 2.64. The topological polar surface area (TPSA) is 55.8 Å². The Morgan fingerprint density at radius 3 is 2.77 bits per heavy atom. The van der Waals surface area contributed by atoms with Crippen molar-refractivity contribution in [2.75, 3.05) is 7.11 Å². The van der Waals surface area contributed by atoms with Crippen molar-refractivity contribution in [3.05, 3.63) is 23.8 Å². The van der Waals surface area contributed by atoms with Crippen LogP contribution in [0.1, 0.15) is 5.56 Å². The first-order valence-corrected chi connectivity index (χ1v) is 4.32. The van der Waals surface area contributed by atoms with E-state index >= 15 is 0 Å². The number of aliphatic hydroxyl groups is 1. The molecule has 1 aromatic rings. The van der Waals surface area contributed by atoms with Crippen LogP contribution in [0.5, 0.6) is 11.5 Å². The number of hydrogen-bond acceptors (Lipinski definition) is 4. The summed E-state index contributed by atoms with van der Waals surface area (Å²) >= 11 is 0. The highest BCUT2D eigenvalue weighted by Crippen LogP contribution is 2.30. The number of rotatable bonds is 4. The minimum Gasteiger partial charge on any atom is -0.493 e. The molecule has 0 bridgehead atoms. The van der Waals surface area contributed by atoms with Gasteiger partial charge >= 0.3 is 8.69 Å². The van der Waals surface area contributed by atoms with E-state index in [1.807, 2.05) is 0 Å². The van der Waals surface area contributed by atoms with Gasteiger partial charge in [-0.25, -0.2) is 4.57 Å². The maximum absolute atomic E-state index is 10.2. The second-order valence-electron chi connectivity index (χ2n) is 2.31. The predicted molar refractivity (Wildman–Crippen MR) is 47.2 cm³/mol. The lowest BCUT2D eigenvalue weighted by Crippen LogP contribution is -1.90. The molecule has 13 heavy (non-hydrogen) atoms. The van der Waals surface area contributed by atoms with E-state index in [9.17, 15) is 4.57 Å². The van der Waals surface area contributed by atoms with Crippen LogP contribution in [0.15, 0.2) is 18.2 Å². The summed E-state index contributed by atoms with van der Waals surface area (Å²) in [7, 11) is 1.05. The van der Waals surface area contributed by atoms with Crippen molar-refractivity contribution in [1.29, 1.82) is 0 Å². The summed E-state index contributed by atoms with van der Waals surface area (Å²) in [6, 6.07) is 4.89. The van der Waals surface area contributed by atoms with Gasteiger partial charge in [-0.3, -0.25) is 0 Å². The van der Waals surface area contributed by atoms with Gasteiger partial charge in [0.15, 0.2) is 11.5 Å². The van der Waals surface area contributed by atoms with Crippen LogP contribution >= 0.6 is 8.69 Å². The first-order valence-electron chi connectivity index (χ1n) is 3.59. The number of benzene rings is 1. The number of methoxy groups -OCH3 is 1. The summed E-state index contributed by atoms with van der Waals surface area (Å²) in [6.45, 7) is -0.0638. The Bertz CT molecular complexity index is 300.